The van der Waals surface area contributed by atoms with E-state index in [9.17, 15) is 0 Å². The molecule has 16 heavy (non-hydrogen) atoms. The summed E-state index contributed by atoms with van der Waals surface area (Å²) in [6, 6.07) is 3.98. The lowest BCUT2D eigenvalue weighted by atomic mass is 10.0. The van der Waals surface area contributed by atoms with Gasteiger partial charge in [-0.2, -0.15) is 0 Å². The fourth-order valence-corrected chi connectivity index (χ4v) is 1.70. The Labute approximate surface area is 95.1 Å². The van der Waals surface area contributed by atoms with Crippen LogP contribution < -0.4 is 5.73 Å². The average molecular weight is 216 g/mol. The van der Waals surface area contributed by atoms with Crippen LogP contribution in [0.15, 0.2) is 36.9 Å². The first kappa shape index (κ1) is 10.8. The van der Waals surface area contributed by atoms with E-state index in [2.05, 4.69) is 9.97 Å². The van der Waals surface area contributed by atoms with Crippen LogP contribution in [-0.2, 0) is 13.5 Å². The smallest absolute Gasteiger partial charge is 0.108 e. The average Bonchev–Trinajstić information content (AvgIpc) is 2.73. The van der Waals surface area contributed by atoms with Gasteiger partial charge in [-0.05, 0) is 24.1 Å². The molecule has 4 nitrogen and oxygen atoms in total. The zero-order valence-electron chi connectivity index (χ0n) is 9.37. The summed E-state index contributed by atoms with van der Waals surface area (Å²) in [5.74, 6) is 1.07. The van der Waals surface area contributed by atoms with Crippen molar-refractivity contribution in [2.75, 3.05) is 0 Å². The summed E-state index contributed by atoms with van der Waals surface area (Å²) in [4.78, 5) is 8.26. The highest BCUT2D eigenvalue weighted by Crippen LogP contribution is 2.14. The van der Waals surface area contributed by atoms with E-state index in [1.54, 1.807) is 12.4 Å². The highest BCUT2D eigenvalue weighted by molar-refractivity contribution is 5.14. The Bertz CT molecular complexity index is 435. The maximum absolute atomic E-state index is 6.10. The van der Waals surface area contributed by atoms with Gasteiger partial charge >= 0.3 is 0 Å². The van der Waals surface area contributed by atoms with E-state index in [0.29, 0.717) is 0 Å². The Balaban J connectivity index is 1.94. The summed E-state index contributed by atoms with van der Waals surface area (Å²) in [6.45, 7) is 0. The molecule has 84 valence electrons. The molecular weight excluding hydrogens is 200 g/mol. The second kappa shape index (κ2) is 4.90. The molecular formula is C12H16N4. The summed E-state index contributed by atoms with van der Waals surface area (Å²) in [6.07, 6.45) is 9.11. The maximum atomic E-state index is 6.10. The summed E-state index contributed by atoms with van der Waals surface area (Å²) < 4.78 is 2.03. The predicted molar refractivity (Wildman–Crippen MR) is 62.7 cm³/mol. The fourth-order valence-electron chi connectivity index (χ4n) is 1.70. The first-order valence-electron chi connectivity index (χ1n) is 5.39. The molecule has 2 N–H and O–H groups in total. The van der Waals surface area contributed by atoms with Crippen molar-refractivity contribution in [2.45, 2.75) is 18.9 Å². The molecule has 4 heteroatoms. The summed E-state index contributed by atoms with van der Waals surface area (Å²) in [5.41, 5.74) is 7.23. The minimum Gasteiger partial charge on any atom is -0.338 e. The second-order valence-corrected chi connectivity index (χ2v) is 3.88. The van der Waals surface area contributed by atoms with E-state index in [0.717, 1.165) is 24.2 Å². The number of rotatable bonds is 4. The number of imidazole rings is 1. The monoisotopic (exact) mass is 216 g/mol. The van der Waals surface area contributed by atoms with Gasteiger partial charge in [0.15, 0.2) is 0 Å². The van der Waals surface area contributed by atoms with Gasteiger partial charge in [-0.3, -0.25) is 4.98 Å². The molecule has 0 amide bonds. The SMILES string of the molecule is Cn1ccnc1CCC(N)c1ccncc1. The van der Waals surface area contributed by atoms with Gasteiger partial charge in [-0.15, -0.1) is 0 Å². The lowest BCUT2D eigenvalue weighted by molar-refractivity contribution is 0.620. The quantitative estimate of drug-likeness (QED) is 0.841. The minimum absolute atomic E-state index is 0.0553. The van der Waals surface area contributed by atoms with Gasteiger partial charge in [0.2, 0.25) is 0 Å². The predicted octanol–water partition coefficient (Wildman–Crippen LogP) is 1.45. The van der Waals surface area contributed by atoms with Crippen LogP contribution in [0, 0.1) is 0 Å². The highest BCUT2D eigenvalue weighted by Gasteiger charge is 2.07. The van der Waals surface area contributed by atoms with Crippen LogP contribution in [0.5, 0.6) is 0 Å². The van der Waals surface area contributed by atoms with Crippen molar-refractivity contribution in [3.05, 3.63) is 48.3 Å². The van der Waals surface area contributed by atoms with Crippen molar-refractivity contribution in [2.24, 2.45) is 12.8 Å². The van der Waals surface area contributed by atoms with Crippen LogP contribution in [0.25, 0.3) is 0 Å². The molecule has 2 heterocycles. The third-order valence-electron chi connectivity index (χ3n) is 2.73. The molecule has 0 radical (unpaired) electrons. The molecule has 1 unspecified atom stereocenters. The molecule has 0 fully saturated rings. The van der Waals surface area contributed by atoms with Gasteiger partial charge in [-0.25, -0.2) is 4.98 Å². The second-order valence-electron chi connectivity index (χ2n) is 3.88. The number of nitrogens with zero attached hydrogens (tertiary/aromatic N) is 3. The normalized spacial score (nSPS) is 12.6. The molecule has 2 rings (SSSR count). The van der Waals surface area contributed by atoms with Crippen LogP contribution in [0.4, 0.5) is 0 Å². The Kier molecular flexibility index (Phi) is 3.31. The summed E-state index contributed by atoms with van der Waals surface area (Å²) in [7, 11) is 2.00. The molecule has 0 saturated heterocycles. The zero-order chi connectivity index (χ0) is 11.4. The molecule has 0 aliphatic heterocycles. The number of pyridine rings is 1. The van der Waals surface area contributed by atoms with Crippen molar-refractivity contribution in [3.8, 4) is 0 Å². The number of aromatic nitrogens is 3. The molecule has 2 aromatic heterocycles. The first-order chi connectivity index (χ1) is 7.77. The highest BCUT2D eigenvalue weighted by atomic mass is 15.0. The molecule has 0 saturated carbocycles. The van der Waals surface area contributed by atoms with Gasteiger partial charge in [0, 0.05) is 44.3 Å². The third kappa shape index (κ3) is 2.46. The first-order valence-corrected chi connectivity index (χ1v) is 5.39. The number of aryl methyl sites for hydroxylation is 2. The van der Waals surface area contributed by atoms with Crippen molar-refractivity contribution in [3.63, 3.8) is 0 Å². The van der Waals surface area contributed by atoms with E-state index in [4.69, 9.17) is 5.73 Å². The van der Waals surface area contributed by atoms with Crippen LogP contribution in [0.2, 0.25) is 0 Å². The Morgan fingerprint density at radius 2 is 2.06 bits per heavy atom. The molecule has 0 aliphatic rings. The Hall–Kier alpha value is -1.68. The Morgan fingerprint density at radius 3 is 2.69 bits per heavy atom. The molecule has 0 aromatic carbocycles. The van der Waals surface area contributed by atoms with Gasteiger partial charge in [0.25, 0.3) is 0 Å². The number of hydrogen-bond donors (Lipinski definition) is 1. The third-order valence-corrected chi connectivity index (χ3v) is 2.73. The lowest BCUT2D eigenvalue weighted by Crippen LogP contribution is -2.12. The van der Waals surface area contributed by atoms with E-state index in [1.807, 2.05) is 36.1 Å². The van der Waals surface area contributed by atoms with E-state index in [-0.39, 0.29) is 6.04 Å². The van der Waals surface area contributed by atoms with E-state index >= 15 is 0 Å². The topological polar surface area (TPSA) is 56.7 Å². The van der Waals surface area contributed by atoms with Gasteiger partial charge in [0.1, 0.15) is 5.82 Å². The van der Waals surface area contributed by atoms with Crippen LogP contribution in [-0.4, -0.2) is 14.5 Å². The van der Waals surface area contributed by atoms with E-state index < -0.39 is 0 Å². The molecule has 2 aromatic rings. The summed E-state index contributed by atoms with van der Waals surface area (Å²) >= 11 is 0. The zero-order valence-corrected chi connectivity index (χ0v) is 9.37. The fraction of sp³-hybridized carbons (Fsp3) is 0.333. The molecule has 0 bridgehead atoms. The lowest BCUT2D eigenvalue weighted by Gasteiger charge is -2.11. The molecule has 1 atom stereocenters. The van der Waals surface area contributed by atoms with Crippen molar-refractivity contribution >= 4 is 0 Å². The standard InChI is InChI=1S/C12H16N4/c1-16-9-8-15-12(16)3-2-11(13)10-4-6-14-7-5-10/h4-9,11H,2-3,13H2,1H3. The largest absolute Gasteiger partial charge is 0.338 e. The maximum Gasteiger partial charge on any atom is 0.108 e. The number of nitrogens with two attached hydrogens (primary N) is 1. The van der Waals surface area contributed by atoms with Crippen LogP contribution >= 0.6 is 0 Å². The van der Waals surface area contributed by atoms with Gasteiger partial charge < -0.3 is 10.3 Å². The van der Waals surface area contributed by atoms with Crippen LogP contribution in [0.3, 0.4) is 0 Å². The minimum atomic E-state index is 0.0553. The Morgan fingerprint density at radius 1 is 1.31 bits per heavy atom. The van der Waals surface area contributed by atoms with Gasteiger partial charge in [-0.1, -0.05) is 0 Å². The van der Waals surface area contributed by atoms with Crippen molar-refractivity contribution in [1.82, 2.24) is 14.5 Å². The molecule has 0 spiro atoms. The van der Waals surface area contributed by atoms with Crippen LogP contribution in [0.1, 0.15) is 23.9 Å². The number of hydrogen-bond acceptors (Lipinski definition) is 3. The molecule has 0 aliphatic carbocycles. The van der Waals surface area contributed by atoms with Crippen molar-refractivity contribution < 1.29 is 0 Å². The van der Waals surface area contributed by atoms with E-state index in [1.165, 1.54) is 0 Å². The van der Waals surface area contributed by atoms with Gasteiger partial charge in [0.05, 0.1) is 0 Å². The summed E-state index contributed by atoms with van der Waals surface area (Å²) in [5, 5.41) is 0. The van der Waals surface area contributed by atoms with Crippen molar-refractivity contribution in [1.29, 1.82) is 0 Å².